The van der Waals surface area contributed by atoms with Crippen molar-refractivity contribution >= 4 is 17.0 Å². The number of fused-ring (bicyclic) bond motifs is 1. The maximum atomic E-state index is 14.4. The van der Waals surface area contributed by atoms with Crippen molar-refractivity contribution in [3.05, 3.63) is 35.3 Å². The summed E-state index contributed by atoms with van der Waals surface area (Å²) in [6.45, 7) is 7.66. The molecule has 2 aliphatic rings. The van der Waals surface area contributed by atoms with Crippen molar-refractivity contribution in [1.82, 2.24) is 9.47 Å². The summed E-state index contributed by atoms with van der Waals surface area (Å²) in [6.07, 6.45) is 3.71. The summed E-state index contributed by atoms with van der Waals surface area (Å²) in [5, 5.41) is 10.7. The number of benzene rings is 1. The number of piperidine rings is 1. The first-order valence-electron chi connectivity index (χ1n) is 10.7. The van der Waals surface area contributed by atoms with Crippen molar-refractivity contribution in [3.63, 3.8) is 0 Å². The first kappa shape index (κ1) is 20.2. The van der Waals surface area contributed by atoms with Crippen molar-refractivity contribution < 1.29 is 19.0 Å². The number of ether oxygens (including phenoxy) is 1. The fourth-order valence-electron chi connectivity index (χ4n) is 4.37. The van der Waals surface area contributed by atoms with Crippen molar-refractivity contribution in [3.8, 4) is 0 Å². The van der Waals surface area contributed by atoms with Gasteiger partial charge in [0.05, 0.1) is 12.1 Å². The number of hydrogen-bond acceptors (Lipinski definition) is 3. The zero-order valence-corrected chi connectivity index (χ0v) is 17.6. The van der Waals surface area contributed by atoms with Gasteiger partial charge in [-0.2, -0.15) is 0 Å². The Balaban J connectivity index is 1.59. The lowest BCUT2D eigenvalue weighted by Crippen LogP contribution is -2.41. The number of likely N-dealkylation sites (tertiary alicyclic amines) is 1. The summed E-state index contributed by atoms with van der Waals surface area (Å²) in [5.41, 5.74) is 2.40. The predicted molar refractivity (Wildman–Crippen MR) is 110 cm³/mol. The first-order chi connectivity index (χ1) is 13.7. The highest BCUT2D eigenvalue weighted by atomic mass is 19.1. The molecule has 29 heavy (non-hydrogen) atoms. The highest BCUT2D eigenvalue weighted by Gasteiger charge is 2.30. The number of rotatable bonds is 4. The molecule has 158 valence electrons. The summed E-state index contributed by atoms with van der Waals surface area (Å²) >= 11 is 0. The maximum absolute atomic E-state index is 14.4. The number of carbonyl (C=O) groups excluding carboxylic acids is 1. The Morgan fingerprint density at radius 1 is 1.17 bits per heavy atom. The van der Waals surface area contributed by atoms with Crippen LogP contribution in [0.1, 0.15) is 63.6 Å². The van der Waals surface area contributed by atoms with E-state index in [0.29, 0.717) is 19.0 Å². The summed E-state index contributed by atoms with van der Waals surface area (Å²) in [6, 6.07) is 5.14. The highest BCUT2D eigenvalue weighted by Crippen LogP contribution is 2.38. The molecule has 1 amide bonds. The summed E-state index contributed by atoms with van der Waals surface area (Å²) in [7, 11) is 0. The molecular formula is C23H31FN2O3. The summed E-state index contributed by atoms with van der Waals surface area (Å²) in [4.78, 5) is 14.1. The maximum Gasteiger partial charge on any atom is 0.410 e. The molecule has 4 rings (SSSR count). The molecule has 2 fully saturated rings. The molecule has 1 aromatic carbocycles. The Labute approximate surface area is 171 Å². The number of halogens is 1. The first-order valence-corrected chi connectivity index (χ1v) is 10.7. The van der Waals surface area contributed by atoms with E-state index >= 15 is 0 Å². The number of carbonyl (C=O) groups is 1. The van der Waals surface area contributed by atoms with E-state index in [1.54, 1.807) is 17.0 Å². The third-order valence-corrected chi connectivity index (χ3v) is 5.96. The van der Waals surface area contributed by atoms with Crippen LogP contribution in [0, 0.1) is 11.7 Å². The minimum atomic E-state index is -0.507. The van der Waals surface area contributed by atoms with Crippen LogP contribution in [-0.2, 0) is 17.9 Å². The topological polar surface area (TPSA) is 54.7 Å². The standard InChI is InChI=1S/C23H31FN2O3/c1-23(2,3)29-22(28)25-8-6-16(7-9-25)20-12-18(24)10-17-11-19(14-27)26(21(17)20)13-15-4-5-15/h10-12,15-16,27H,4-9,13-14H2,1-3H3. The third-order valence-electron chi connectivity index (χ3n) is 5.96. The molecule has 1 aromatic heterocycles. The van der Waals surface area contributed by atoms with E-state index in [0.717, 1.165) is 41.5 Å². The lowest BCUT2D eigenvalue weighted by molar-refractivity contribution is 0.0205. The molecule has 0 bridgehead atoms. The van der Waals surface area contributed by atoms with Gasteiger partial charge in [0.2, 0.25) is 0 Å². The zero-order chi connectivity index (χ0) is 20.8. The fourth-order valence-corrected chi connectivity index (χ4v) is 4.37. The van der Waals surface area contributed by atoms with Crippen LogP contribution in [0.15, 0.2) is 18.2 Å². The number of nitrogens with zero attached hydrogens (tertiary/aromatic N) is 2. The van der Waals surface area contributed by atoms with Crippen LogP contribution < -0.4 is 0 Å². The van der Waals surface area contributed by atoms with E-state index in [9.17, 15) is 14.3 Å². The largest absolute Gasteiger partial charge is 0.444 e. The van der Waals surface area contributed by atoms with Gasteiger partial charge in [-0.15, -0.1) is 0 Å². The quantitative estimate of drug-likeness (QED) is 0.799. The Kier molecular flexibility index (Phi) is 5.32. The molecule has 2 heterocycles. The molecule has 0 radical (unpaired) electrons. The van der Waals surface area contributed by atoms with Gasteiger partial charge in [-0.3, -0.25) is 0 Å². The van der Waals surface area contributed by atoms with Gasteiger partial charge in [-0.05, 0) is 82.1 Å². The molecule has 1 saturated heterocycles. The molecular weight excluding hydrogens is 371 g/mol. The molecule has 0 unspecified atom stereocenters. The normalized spacial score (nSPS) is 18.4. The molecule has 0 atom stereocenters. The Morgan fingerprint density at radius 3 is 2.45 bits per heavy atom. The highest BCUT2D eigenvalue weighted by molar-refractivity contribution is 5.85. The van der Waals surface area contributed by atoms with Gasteiger partial charge in [0.15, 0.2) is 0 Å². The van der Waals surface area contributed by atoms with Crippen LogP contribution in [0.5, 0.6) is 0 Å². The summed E-state index contributed by atoms with van der Waals surface area (Å²) in [5.74, 6) is 0.601. The average Bonchev–Trinajstić information content (AvgIpc) is 3.40. The van der Waals surface area contributed by atoms with E-state index in [1.165, 1.54) is 12.8 Å². The van der Waals surface area contributed by atoms with E-state index in [2.05, 4.69) is 4.57 Å². The van der Waals surface area contributed by atoms with Gasteiger partial charge in [-0.25, -0.2) is 9.18 Å². The zero-order valence-electron chi connectivity index (χ0n) is 17.6. The molecule has 6 heteroatoms. The Morgan fingerprint density at radius 2 is 1.86 bits per heavy atom. The van der Waals surface area contributed by atoms with Crippen LogP contribution in [0.2, 0.25) is 0 Å². The molecule has 0 spiro atoms. The van der Waals surface area contributed by atoms with Crippen LogP contribution in [0.4, 0.5) is 9.18 Å². The second-order valence-corrected chi connectivity index (χ2v) is 9.52. The van der Waals surface area contributed by atoms with E-state index < -0.39 is 5.60 Å². The van der Waals surface area contributed by atoms with Gasteiger partial charge in [-0.1, -0.05) is 0 Å². The van der Waals surface area contributed by atoms with Crippen LogP contribution >= 0.6 is 0 Å². The van der Waals surface area contributed by atoms with Crippen LogP contribution in [-0.4, -0.2) is 39.4 Å². The average molecular weight is 403 g/mol. The molecule has 1 aliphatic heterocycles. The SMILES string of the molecule is CC(C)(C)OC(=O)N1CCC(c2cc(F)cc3cc(CO)n(CC4CC4)c23)CC1. The number of aliphatic hydroxyl groups excluding tert-OH is 1. The molecule has 1 N–H and O–H groups in total. The van der Waals surface area contributed by atoms with Crippen LogP contribution in [0.25, 0.3) is 10.9 Å². The summed E-state index contributed by atoms with van der Waals surface area (Å²) < 4.78 is 22.1. The van der Waals surface area contributed by atoms with E-state index in [4.69, 9.17) is 4.74 Å². The van der Waals surface area contributed by atoms with E-state index in [-0.39, 0.29) is 24.4 Å². The van der Waals surface area contributed by atoms with Crippen molar-refractivity contribution in [2.24, 2.45) is 5.92 Å². The van der Waals surface area contributed by atoms with Gasteiger partial charge >= 0.3 is 6.09 Å². The lowest BCUT2D eigenvalue weighted by Gasteiger charge is -2.34. The Hall–Kier alpha value is -2.08. The number of aliphatic hydroxyl groups is 1. The second kappa shape index (κ2) is 7.63. The van der Waals surface area contributed by atoms with Gasteiger partial charge in [0.25, 0.3) is 0 Å². The van der Waals surface area contributed by atoms with Crippen LogP contribution in [0.3, 0.4) is 0 Å². The number of hydrogen-bond donors (Lipinski definition) is 1. The van der Waals surface area contributed by atoms with Gasteiger partial charge in [0, 0.05) is 30.7 Å². The third kappa shape index (κ3) is 4.42. The predicted octanol–water partition coefficient (Wildman–Crippen LogP) is 4.80. The van der Waals surface area contributed by atoms with Crippen molar-refractivity contribution in [1.29, 1.82) is 0 Å². The van der Waals surface area contributed by atoms with E-state index in [1.807, 2.05) is 26.8 Å². The lowest BCUT2D eigenvalue weighted by atomic mass is 9.88. The monoisotopic (exact) mass is 402 g/mol. The smallest absolute Gasteiger partial charge is 0.410 e. The molecule has 5 nitrogen and oxygen atoms in total. The minimum Gasteiger partial charge on any atom is -0.444 e. The minimum absolute atomic E-state index is 0.0421. The number of amides is 1. The number of aromatic nitrogens is 1. The Bertz CT molecular complexity index is 903. The molecule has 1 saturated carbocycles. The van der Waals surface area contributed by atoms with Crippen molar-refractivity contribution in [2.45, 2.75) is 71.1 Å². The molecule has 1 aliphatic carbocycles. The fraction of sp³-hybridized carbons (Fsp3) is 0.609. The van der Waals surface area contributed by atoms with Gasteiger partial charge in [0.1, 0.15) is 11.4 Å². The van der Waals surface area contributed by atoms with Gasteiger partial charge < -0.3 is 19.3 Å². The second-order valence-electron chi connectivity index (χ2n) is 9.52. The molecule has 2 aromatic rings. The van der Waals surface area contributed by atoms with Crippen molar-refractivity contribution in [2.75, 3.05) is 13.1 Å².